The van der Waals surface area contributed by atoms with E-state index in [1.165, 1.54) is 18.5 Å². The number of rotatable bonds is 3. The van der Waals surface area contributed by atoms with Crippen molar-refractivity contribution in [1.29, 1.82) is 0 Å². The molecule has 1 saturated carbocycles. The number of carboxylic acids is 1. The second-order valence-electron chi connectivity index (χ2n) is 5.71. The van der Waals surface area contributed by atoms with Gasteiger partial charge in [0.2, 0.25) is 11.8 Å². The molecule has 1 N–H and O–H groups in total. The summed E-state index contributed by atoms with van der Waals surface area (Å²) in [4.78, 5) is 40.9. The van der Waals surface area contributed by atoms with Crippen molar-refractivity contribution in [2.75, 3.05) is 4.90 Å². The lowest BCUT2D eigenvalue weighted by molar-refractivity contribution is -0.123. The standard InChI is InChI=1S/C15H16N2O4/c1-2-8-3-11-12(4-8)14(19)17(13(11)18)10-5-9(15(20)21)6-16-7-10/h5-8,11-12H,2-4H2,1H3,(H,20,21). The normalized spacial score (nSPS) is 28.0. The van der Waals surface area contributed by atoms with Gasteiger partial charge in [0.25, 0.3) is 0 Å². The number of carboxylic acid groups (broad SMARTS) is 1. The number of carbonyl (C=O) groups excluding carboxylic acids is 2. The van der Waals surface area contributed by atoms with Gasteiger partial charge in [0.15, 0.2) is 0 Å². The second-order valence-corrected chi connectivity index (χ2v) is 5.71. The smallest absolute Gasteiger partial charge is 0.337 e. The van der Waals surface area contributed by atoms with Crippen LogP contribution in [-0.2, 0) is 9.59 Å². The fourth-order valence-corrected chi connectivity index (χ4v) is 3.38. The zero-order valence-corrected chi connectivity index (χ0v) is 11.7. The van der Waals surface area contributed by atoms with Gasteiger partial charge in [0, 0.05) is 6.20 Å². The Bertz CT molecular complexity index is 604. The molecule has 1 aromatic heterocycles. The largest absolute Gasteiger partial charge is 0.478 e. The molecule has 1 aliphatic heterocycles. The van der Waals surface area contributed by atoms with Gasteiger partial charge < -0.3 is 5.11 Å². The maximum absolute atomic E-state index is 12.5. The van der Waals surface area contributed by atoms with Gasteiger partial charge in [-0.15, -0.1) is 0 Å². The van der Waals surface area contributed by atoms with Crippen molar-refractivity contribution in [2.24, 2.45) is 17.8 Å². The van der Waals surface area contributed by atoms with E-state index in [9.17, 15) is 14.4 Å². The molecule has 2 atom stereocenters. The molecule has 110 valence electrons. The number of aromatic carboxylic acids is 1. The Balaban J connectivity index is 1.91. The minimum atomic E-state index is -1.13. The summed E-state index contributed by atoms with van der Waals surface area (Å²) in [7, 11) is 0. The molecule has 1 aliphatic carbocycles. The summed E-state index contributed by atoms with van der Waals surface area (Å²) >= 11 is 0. The van der Waals surface area contributed by atoms with Crippen molar-refractivity contribution in [3.8, 4) is 0 Å². The van der Waals surface area contributed by atoms with Crippen molar-refractivity contribution in [2.45, 2.75) is 26.2 Å². The van der Waals surface area contributed by atoms with E-state index in [0.717, 1.165) is 24.2 Å². The third kappa shape index (κ3) is 2.11. The summed E-state index contributed by atoms with van der Waals surface area (Å²) in [6, 6.07) is 1.32. The second kappa shape index (κ2) is 4.95. The molecular formula is C15H16N2O4. The van der Waals surface area contributed by atoms with Gasteiger partial charge in [-0.1, -0.05) is 13.3 Å². The van der Waals surface area contributed by atoms with Gasteiger partial charge in [-0.3, -0.25) is 14.6 Å². The van der Waals surface area contributed by atoms with Gasteiger partial charge in [-0.05, 0) is 24.8 Å². The lowest BCUT2D eigenvalue weighted by Gasteiger charge is -2.17. The van der Waals surface area contributed by atoms with Crippen molar-refractivity contribution in [1.82, 2.24) is 4.98 Å². The highest BCUT2D eigenvalue weighted by Gasteiger charge is 2.52. The topological polar surface area (TPSA) is 87.6 Å². The van der Waals surface area contributed by atoms with Crippen LogP contribution >= 0.6 is 0 Å². The van der Waals surface area contributed by atoms with Crippen LogP contribution < -0.4 is 4.90 Å². The Morgan fingerprint density at radius 3 is 2.43 bits per heavy atom. The molecule has 2 aliphatic rings. The highest BCUT2D eigenvalue weighted by atomic mass is 16.4. The van der Waals surface area contributed by atoms with Crippen LogP contribution in [0.5, 0.6) is 0 Å². The molecule has 0 radical (unpaired) electrons. The fraction of sp³-hybridized carbons (Fsp3) is 0.467. The Morgan fingerprint density at radius 2 is 1.90 bits per heavy atom. The molecule has 0 bridgehead atoms. The zero-order chi connectivity index (χ0) is 15.1. The van der Waals surface area contributed by atoms with Crippen LogP contribution in [0.25, 0.3) is 0 Å². The first-order valence-corrected chi connectivity index (χ1v) is 7.09. The lowest BCUT2D eigenvalue weighted by atomic mass is 10.00. The quantitative estimate of drug-likeness (QED) is 0.855. The van der Waals surface area contributed by atoms with Crippen LogP contribution in [0.4, 0.5) is 5.69 Å². The van der Waals surface area contributed by atoms with Crippen LogP contribution in [0.1, 0.15) is 36.5 Å². The monoisotopic (exact) mass is 288 g/mol. The van der Waals surface area contributed by atoms with Gasteiger partial charge in [0.1, 0.15) is 0 Å². The molecule has 2 unspecified atom stereocenters. The van der Waals surface area contributed by atoms with E-state index in [1.54, 1.807) is 0 Å². The summed E-state index contributed by atoms with van der Waals surface area (Å²) in [5, 5.41) is 8.98. The van der Waals surface area contributed by atoms with Crippen LogP contribution in [0.2, 0.25) is 0 Å². The molecule has 2 amide bonds. The molecule has 1 aromatic rings. The summed E-state index contributed by atoms with van der Waals surface area (Å²) in [6.07, 6.45) is 5.03. The highest BCUT2D eigenvalue weighted by molar-refractivity contribution is 6.22. The number of imide groups is 1. The predicted molar refractivity (Wildman–Crippen MR) is 73.7 cm³/mol. The molecular weight excluding hydrogens is 272 g/mol. The van der Waals surface area contributed by atoms with E-state index in [1.807, 2.05) is 0 Å². The van der Waals surface area contributed by atoms with Gasteiger partial charge in [-0.2, -0.15) is 0 Å². The third-order valence-electron chi connectivity index (χ3n) is 4.54. The van der Waals surface area contributed by atoms with Crippen LogP contribution in [0.3, 0.4) is 0 Å². The van der Waals surface area contributed by atoms with E-state index < -0.39 is 5.97 Å². The highest BCUT2D eigenvalue weighted by Crippen LogP contribution is 2.45. The first kappa shape index (κ1) is 13.7. The SMILES string of the molecule is CCC1CC2C(=O)N(c3cncc(C(=O)O)c3)C(=O)C2C1. The fourth-order valence-electron chi connectivity index (χ4n) is 3.38. The number of hydrogen-bond acceptors (Lipinski definition) is 4. The molecule has 21 heavy (non-hydrogen) atoms. The van der Waals surface area contributed by atoms with E-state index in [-0.39, 0.29) is 34.9 Å². The number of nitrogens with zero attached hydrogens (tertiary/aromatic N) is 2. The van der Waals surface area contributed by atoms with Crippen LogP contribution in [0, 0.1) is 17.8 Å². The van der Waals surface area contributed by atoms with E-state index in [2.05, 4.69) is 11.9 Å². The Morgan fingerprint density at radius 1 is 1.29 bits per heavy atom. The first-order valence-electron chi connectivity index (χ1n) is 7.09. The number of fused-ring (bicyclic) bond motifs is 1. The van der Waals surface area contributed by atoms with Crippen LogP contribution in [0.15, 0.2) is 18.5 Å². The van der Waals surface area contributed by atoms with Crippen molar-refractivity contribution >= 4 is 23.5 Å². The minimum absolute atomic E-state index is 0.0309. The number of anilines is 1. The molecule has 6 heteroatoms. The Hall–Kier alpha value is -2.24. The molecule has 3 rings (SSSR count). The Kier molecular flexibility index (Phi) is 3.23. The molecule has 2 fully saturated rings. The Labute approximate surface area is 121 Å². The molecule has 0 spiro atoms. The van der Waals surface area contributed by atoms with E-state index in [0.29, 0.717) is 5.92 Å². The number of hydrogen-bond donors (Lipinski definition) is 1. The maximum atomic E-state index is 12.5. The van der Waals surface area contributed by atoms with Crippen LogP contribution in [-0.4, -0.2) is 27.9 Å². The van der Waals surface area contributed by atoms with Gasteiger partial charge in [0.05, 0.1) is 29.3 Å². The van der Waals surface area contributed by atoms with Crippen molar-refractivity contribution < 1.29 is 19.5 Å². The molecule has 6 nitrogen and oxygen atoms in total. The molecule has 1 saturated heterocycles. The average Bonchev–Trinajstić information content (AvgIpc) is 3.00. The van der Waals surface area contributed by atoms with E-state index >= 15 is 0 Å². The minimum Gasteiger partial charge on any atom is -0.478 e. The third-order valence-corrected chi connectivity index (χ3v) is 4.54. The zero-order valence-electron chi connectivity index (χ0n) is 11.7. The van der Waals surface area contributed by atoms with Gasteiger partial charge in [-0.25, -0.2) is 9.69 Å². The number of pyridine rings is 1. The molecule has 2 heterocycles. The summed E-state index contributed by atoms with van der Waals surface area (Å²) in [5.41, 5.74) is 0.226. The van der Waals surface area contributed by atoms with E-state index in [4.69, 9.17) is 5.11 Å². The number of amides is 2. The summed E-state index contributed by atoms with van der Waals surface area (Å²) in [6.45, 7) is 2.07. The number of aromatic nitrogens is 1. The summed E-state index contributed by atoms with van der Waals surface area (Å²) < 4.78 is 0. The van der Waals surface area contributed by atoms with Crippen molar-refractivity contribution in [3.05, 3.63) is 24.0 Å². The average molecular weight is 288 g/mol. The summed E-state index contributed by atoms with van der Waals surface area (Å²) in [5.74, 6) is -1.64. The van der Waals surface area contributed by atoms with Crippen molar-refractivity contribution in [3.63, 3.8) is 0 Å². The maximum Gasteiger partial charge on any atom is 0.337 e. The molecule has 0 aromatic carbocycles. The van der Waals surface area contributed by atoms with Gasteiger partial charge >= 0.3 is 5.97 Å². The number of carbonyl (C=O) groups is 3. The predicted octanol–water partition coefficient (Wildman–Crippen LogP) is 1.71. The lowest BCUT2D eigenvalue weighted by Crippen LogP contribution is -2.32. The first-order chi connectivity index (χ1) is 10.0.